The van der Waals surface area contributed by atoms with Gasteiger partial charge in [-0.25, -0.2) is 4.79 Å². The van der Waals surface area contributed by atoms with E-state index in [1.165, 1.54) is 0 Å². The van der Waals surface area contributed by atoms with Crippen LogP contribution in [0.2, 0.25) is 0 Å². The number of nitrogens with zero attached hydrogens (tertiary/aromatic N) is 4. The zero-order valence-electron chi connectivity index (χ0n) is 24.7. The van der Waals surface area contributed by atoms with Gasteiger partial charge in [0.25, 0.3) is 0 Å². The van der Waals surface area contributed by atoms with Crippen LogP contribution >= 0.6 is 0 Å². The molecule has 4 heterocycles. The van der Waals surface area contributed by atoms with Gasteiger partial charge >= 0.3 is 5.82 Å². The van der Waals surface area contributed by atoms with Crippen molar-refractivity contribution in [2.45, 2.75) is 76.3 Å². The fourth-order valence-electron chi connectivity index (χ4n) is 6.18. The second-order valence-electron chi connectivity index (χ2n) is 11.5. The molecule has 0 unspecified atom stereocenters. The maximum atomic E-state index is 14.1. The molecule has 43 heavy (non-hydrogen) atoms. The van der Waals surface area contributed by atoms with Crippen LogP contribution < -0.4 is 21.2 Å². The predicted octanol–water partition coefficient (Wildman–Crippen LogP) is 1.08. The Balaban J connectivity index is 1.31. The lowest BCUT2D eigenvalue weighted by Gasteiger charge is -2.39. The van der Waals surface area contributed by atoms with Gasteiger partial charge in [-0.15, -0.1) is 0 Å². The first-order valence-corrected chi connectivity index (χ1v) is 14.7. The monoisotopic (exact) mass is 594 g/mol. The number of benzene rings is 1. The first kappa shape index (κ1) is 30.3. The van der Waals surface area contributed by atoms with E-state index in [9.17, 15) is 24.4 Å². The van der Waals surface area contributed by atoms with Gasteiger partial charge in [0.05, 0.1) is 37.8 Å². The fraction of sp³-hybridized carbons (Fsp3) is 0.567. The molecule has 2 fully saturated rings. The maximum Gasteiger partial charge on any atom is 0.519 e. The summed E-state index contributed by atoms with van der Waals surface area (Å²) in [6, 6.07) is 7.06. The standard InChI is InChI=1S/C30H38N6O7/c1-18(34(3)17-26-19(2)42-30(40)43-26)27(37)33-23-16-35(14-12-31)13-10-20-8-9-24(36(20)29(23)39)28(38)32-22-11-15-41-25-7-5-4-6-21(22)25/h4-7,18,20,22-24H,8-11,13-17H2,1-3H3,(H,32,38)(H,33,37)/t18-,20+,22+,23-,24-/m0/s1. The van der Waals surface area contributed by atoms with Crippen LogP contribution in [-0.4, -0.2) is 89.9 Å². The van der Waals surface area contributed by atoms with E-state index in [1.807, 2.05) is 29.2 Å². The van der Waals surface area contributed by atoms with Crippen molar-refractivity contribution in [2.75, 3.05) is 33.3 Å². The summed E-state index contributed by atoms with van der Waals surface area (Å²) in [5.41, 5.74) is 0.913. The van der Waals surface area contributed by atoms with Crippen molar-refractivity contribution >= 4 is 17.7 Å². The molecule has 2 aromatic rings. The maximum absolute atomic E-state index is 14.1. The predicted molar refractivity (Wildman–Crippen MR) is 153 cm³/mol. The Kier molecular flexibility index (Phi) is 9.17. The first-order valence-electron chi connectivity index (χ1n) is 14.7. The summed E-state index contributed by atoms with van der Waals surface area (Å²) in [6.07, 6.45) is 2.43. The third-order valence-electron chi connectivity index (χ3n) is 8.73. The highest BCUT2D eigenvalue weighted by molar-refractivity contribution is 5.94. The number of para-hydroxylation sites is 1. The Hall–Kier alpha value is -4.15. The lowest BCUT2D eigenvalue weighted by atomic mass is 10.00. The van der Waals surface area contributed by atoms with Gasteiger partial charge in [0.2, 0.25) is 17.7 Å². The lowest BCUT2D eigenvalue weighted by Crippen LogP contribution is -2.62. The number of rotatable bonds is 8. The van der Waals surface area contributed by atoms with Gasteiger partial charge in [-0.05, 0) is 46.2 Å². The Bertz CT molecular complexity index is 1450. The highest BCUT2D eigenvalue weighted by Gasteiger charge is 2.45. The van der Waals surface area contributed by atoms with Crippen molar-refractivity contribution < 1.29 is 28.0 Å². The minimum atomic E-state index is -0.953. The highest BCUT2D eigenvalue weighted by Crippen LogP contribution is 2.34. The Morgan fingerprint density at radius 3 is 2.65 bits per heavy atom. The van der Waals surface area contributed by atoms with E-state index in [1.54, 1.807) is 30.7 Å². The van der Waals surface area contributed by atoms with E-state index in [4.69, 9.17) is 13.6 Å². The highest BCUT2D eigenvalue weighted by atomic mass is 16.6. The second kappa shape index (κ2) is 13.0. The molecule has 230 valence electrons. The molecule has 13 heteroatoms. The van der Waals surface area contributed by atoms with Crippen LogP contribution in [0.5, 0.6) is 5.75 Å². The normalized spacial score (nSPS) is 24.6. The molecular weight excluding hydrogens is 556 g/mol. The van der Waals surface area contributed by atoms with E-state index >= 15 is 0 Å². The molecule has 1 aromatic heterocycles. The molecule has 0 aliphatic carbocycles. The summed E-state index contributed by atoms with van der Waals surface area (Å²) in [6.45, 7) is 4.75. The van der Waals surface area contributed by atoms with Gasteiger partial charge in [-0.3, -0.25) is 24.2 Å². The van der Waals surface area contributed by atoms with Crippen molar-refractivity contribution in [3.63, 3.8) is 0 Å². The number of likely N-dealkylation sites (N-methyl/N-ethyl adjacent to an activating group) is 1. The number of amides is 3. The van der Waals surface area contributed by atoms with Crippen LogP contribution in [0.15, 0.2) is 37.9 Å². The van der Waals surface area contributed by atoms with Gasteiger partial charge in [0.15, 0.2) is 5.76 Å². The number of fused-ring (bicyclic) bond motifs is 2. The molecule has 2 saturated heterocycles. The van der Waals surface area contributed by atoms with Crippen LogP contribution in [0.4, 0.5) is 0 Å². The van der Waals surface area contributed by atoms with Crippen molar-refractivity contribution in [2.24, 2.45) is 0 Å². The van der Waals surface area contributed by atoms with Gasteiger partial charge in [0.1, 0.15) is 23.6 Å². The second-order valence-corrected chi connectivity index (χ2v) is 11.5. The SMILES string of the molecule is Cc1oc(=O)oc1CN(C)[C@@H](C)C(=O)N[C@H]1CN(CC#N)CC[C@H]2CC[C@@H](C(=O)N[C@@H]3CCOc4ccccc43)N2C1=O. The molecule has 5 rings (SSSR count). The van der Waals surface area contributed by atoms with E-state index in [2.05, 4.69) is 16.7 Å². The molecule has 1 aromatic carbocycles. The molecule has 0 radical (unpaired) electrons. The Labute approximate surface area is 249 Å². The number of ether oxygens (including phenoxy) is 1. The third-order valence-corrected chi connectivity index (χ3v) is 8.73. The summed E-state index contributed by atoms with van der Waals surface area (Å²) < 4.78 is 15.7. The molecule has 3 amide bonds. The number of nitriles is 1. The summed E-state index contributed by atoms with van der Waals surface area (Å²) >= 11 is 0. The van der Waals surface area contributed by atoms with Crippen molar-refractivity contribution in [1.82, 2.24) is 25.3 Å². The van der Waals surface area contributed by atoms with Gasteiger partial charge in [-0.2, -0.15) is 5.26 Å². The summed E-state index contributed by atoms with van der Waals surface area (Å²) in [5.74, 6) is -0.376. The molecule has 0 saturated carbocycles. The topological polar surface area (TPSA) is 161 Å². The molecule has 5 atom stereocenters. The van der Waals surface area contributed by atoms with Crippen molar-refractivity contribution in [1.29, 1.82) is 5.26 Å². The summed E-state index contributed by atoms with van der Waals surface area (Å²) in [7, 11) is 1.70. The van der Waals surface area contributed by atoms with Gasteiger partial charge in [0, 0.05) is 31.1 Å². The fourth-order valence-corrected chi connectivity index (χ4v) is 6.18. The molecule has 0 bridgehead atoms. The smallest absolute Gasteiger partial charge is 0.493 e. The van der Waals surface area contributed by atoms with Crippen molar-refractivity contribution in [3.05, 3.63) is 52.0 Å². The minimum absolute atomic E-state index is 0.119. The van der Waals surface area contributed by atoms with Crippen LogP contribution in [0.25, 0.3) is 0 Å². The van der Waals surface area contributed by atoms with Crippen LogP contribution in [-0.2, 0) is 20.9 Å². The van der Waals surface area contributed by atoms with E-state index in [0.717, 1.165) is 11.3 Å². The zero-order chi connectivity index (χ0) is 30.7. The Morgan fingerprint density at radius 1 is 1.12 bits per heavy atom. The van der Waals surface area contributed by atoms with Crippen molar-refractivity contribution in [3.8, 4) is 11.8 Å². The van der Waals surface area contributed by atoms with Crippen LogP contribution in [0.1, 0.15) is 55.7 Å². The molecule has 3 aliphatic rings. The number of hydrogen-bond donors (Lipinski definition) is 2. The first-order chi connectivity index (χ1) is 20.7. The van der Waals surface area contributed by atoms with Gasteiger partial charge < -0.3 is 29.1 Å². The van der Waals surface area contributed by atoms with Crippen LogP contribution in [0, 0.1) is 18.3 Å². The molecular formula is C30H38N6O7. The number of carbonyl (C=O) groups is 3. The summed E-state index contributed by atoms with van der Waals surface area (Å²) in [4.78, 5) is 57.9. The molecule has 0 spiro atoms. The number of nitrogens with one attached hydrogen (secondary N) is 2. The number of carbonyl (C=O) groups excluding carboxylic acids is 3. The van der Waals surface area contributed by atoms with E-state index < -0.39 is 29.9 Å². The Morgan fingerprint density at radius 2 is 1.91 bits per heavy atom. The largest absolute Gasteiger partial charge is 0.519 e. The zero-order valence-corrected chi connectivity index (χ0v) is 24.7. The number of aryl methyl sites for hydroxylation is 1. The third kappa shape index (κ3) is 6.60. The minimum Gasteiger partial charge on any atom is -0.493 e. The molecule has 3 aliphatic heterocycles. The average Bonchev–Trinajstić information content (AvgIpc) is 3.55. The van der Waals surface area contributed by atoms with Gasteiger partial charge in [-0.1, -0.05) is 18.2 Å². The molecule has 13 nitrogen and oxygen atoms in total. The lowest BCUT2D eigenvalue weighted by molar-refractivity contribution is -0.145. The quantitative estimate of drug-likeness (QED) is 0.423. The molecule has 2 N–H and O–H groups in total. The summed E-state index contributed by atoms with van der Waals surface area (Å²) in [5, 5.41) is 15.4. The average molecular weight is 595 g/mol. The van der Waals surface area contributed by atoms with E-state index in [-0.39, 0.29) is 43.5 Å². The van der Waals surface area contributed by atoms with Crippen LogP contribution in [0.3, 0.4) is 0 Å². The number of hydrogen-bond acceptors (Lipinski definition) is 10. The van der Waals surface area contributed by atoms with E-state index in [0.29, 0.717) is 50.4 Å².